The molecule has 3 aromatic rings. The number of hydrogen-bond acceptors (Lipinski definition) is 6. The number of Topliss-reactive ketones (excluding diaryl/α,β-unsaturated/α-hetero) is 1. The number of carbonyl (C=O) groups is 3. The van der Waals surface area contributed by atoms with Crippen LogP contribution in [0.25, 0.3) is 5.76 Å². The lowest BCUT2D eigenvalue weighted by atomic mass is 9.94. The van der Waals surface area contributed by atoms with Crippen LogP contribution in [0.3, 0.4) is 0 Å². The van der Waals surface area contributed by atoms with Crippen LogP contribution in [0.15, 0.2) is 78.4 Å². The molecule has 0 saturated carbocycles. The summed E-state index contributed by atoms with van der Waals surface area (Å²) in [7, 11) is 0. The van der Waals surface area contributed by atoms with Crippen LogP contribution in [0.5, 0.6) is 5.75 Å². The topological polar surface area (TPSA) is 93.1 Å². The summed E-state index contributed by atoms with van der Waals surface area (Å²) in [6.45, 7) is 2.87. The molecular weight excluding hydrogens is 470 g/mol. The Morgan fingerprint density at radius 3 is 2.49 bits per heavy atom. The fourth-order valence-electron chi connectivity index (χ4n) is 4.75. The SMILES string of the molecule is CCCOC(=O)c1ccc(N2C(=O)C(=O)/C(=C(\O)c3ccc4c(c3)CCCO4)C2c2ccccc2)cc1. The number of fused-ring (bicyclic) bond motifs is 1. The predicted octanol–water partition coefficient (Wildman–Crippen LogP) is 5.20. The normalized spacial score (nSPS) is 18.3. The van der Waals surface area contributed by atoms with Crippen LogP contribution in [-0.4, -0.2) is 36.0 Å². The van der Waals surface area contributed by atoms with Gasteiger partial charge in [-0.05, 0) is 72.9 Å². The summed E-state index contributed by atoms with van der Waals surface area (Å²) in [6.07, 6.45) is 2.39. The van der Waals surface area contributed by atoms with E-state index in [2.05, 4.69) is 0 Å². The Labute approximate surface area is 214 Å². The number of ether oxygens (including phenoxy) is 2. The van der Waals surface area contributed by atoms with Crippen molar-refractivity contribution in [3.05, 3.63) is 101 Å². The van der Waals surface area contributed by atoms with Gasteiger partial charge < -0.3 is 14.6 Å². The number of aryl methyl sites for hydroxylation is 1. The predicted molar refractivity (Wildman–Crippen MR) is 138 cm³/mol. The Morgan fingerprint density at radius 1 is 1.03 bits per heavy atom. The standard InChI is InChI=1S/C30H27NO6/c1-2-16-37-30(35)20-10-13-23(14-11-20)31-26(19-7-4-3-5-8-19)25(28(33)29(31)34)27(32)22-12-15-24-21(18-22)9-6-17-36-24/h3-5,7-8,10-15,18,26,32H,2,6,9,16-17H2,1H3/b27-25-. The van der Waals surface area contributed by atoms with Crippen LogP contribution in [0.1, 0.15) is 52.9 Å². The van der Waals surface area contributed by atoms with Crippen molar-refractivity contribution >= 4 is 29.1 Å². The molecule has 1 amide bonds. The highest BCUT2D eigenvalue weighted by Gasteiger charge is 2.47. The summed E-state index contributed by atoms with van der Waals surface area (Å²) in [5, 5.41) is 11.4. The molecule has 0 bridgehead atoms. The summed E-state index contributed by atoms with van der Waals surface area (Å²) in [5.41, 5.74) is 2.88. The summed E-state index contributed by atoms with van der Waals surface area (Å²) in [6, 6.07) is 19.9. The second-order valence-corrected chi connectivity index (χ2v) is 9.04. The summed E-state index contributed by atoms with van der Waals surface area (Å²) < 4.78 is 10.9. The van der Waals surface area contributed by atoms with E-state index in [-0.39, 0.29) is 11.3 Å². The lowest BCUT2D eigenvalue weighted by molar-refractivity contribution is -0.132. The molecule has 188 valence electrons. The van der Waals surface area contributed by atoms with Crippen LogP contribution in [-0.2, 0) is 20.7 Å². The summed E-state index contributed by atoms with van der Waals surface area (Å²) >= 11 is 0. The Bertz CT molecular complexity index is 1380. The Kier molecular flexibility index (Phi) is 6.77. The van der Waals surface area contributed by atoms with E-state index in [4.69, 9.17) is 9.47 Å². The molecule has 1 atom stereocenters. The molecule has 7 heteroatoms. The van der Waals surface area contributed by atoms with Crippen molar-refractivity contribution in [2.24, 2.45) is 0 Å². The van der Waals surface area contributed by atoms with Gasteiger partial charge in [0.1, 0.15) is 11.5 Å². The van der Waals surface area contributed by atoms with Crippen LogP contribution in [0.2, 0.25) is 0 Å². The molecule has 0 aliphatic carbocycles. The summed E-state index contributed by atoms with van der Waals surface area (Å²) in [5.74, 6) is -1.44. The quantitative estimate of drug-likeness (QED) is 0.218. The second-order valence-electron chi connectivity index (χ2n) is 9.04. The maximum Gasteiger partial charge on any atom is 0.338 e. The number of ketones is 1. The van der Waals surface area contributed by atoms with E-state index in [1.54, 1.807) is 36.4 Å². The van der Waals surface area contributed by atoms with Gasteiger partial charge in [0.15, 0.2) is 0 Å². The molecular formula is C30H27NO6. The molecule has 1 saturated heterocycles. The van der Waals surface area contributed by atoms with Crippen molar-refractivity contribution in [1.29, 1.82) is 0 Å². The van der Waals surface area contributed by atoms with Crippen LogP contribution in [0, 0.1) is 0 Å². The average molecular weight is 498 g/mol. The molecule has 1 fully saturated rings. The maximum absolute atomic E-state index is 13.4. The first-order valence-corrected chi connectivity index (χ1v) is 12.4. The first kappa shape index (κ1) is 24.3. The highest BCUT2D eigenvalue weighted by atomic mass is 16.5. The Balaban J connectivity index is 1.58. The lowest BCUT2D eigenvalue weighted by Gasteiger charge is -2.25. The largest absolute Gasteiger partial charge is 0.507 e. The molecule has 0 spiro atoms. The van der Waals surface area contributed by atoms with E-state index >= 15 is 0 Å². The molecule has 1 unspecified atom stereocenters. The highest BCUT2D eigenvalue weighted by molar-refractivity contribution is 6.51. The first-order valence-electron chi connectivity index (χ1n) is 12.4. The number of rotatable bonds is 6. The van der Waals surface area contributed by atoms with E-state index in [0.29, 0.717) is 42.0 Å². The number of aliphatic hydroxyl groups excluding tert-OH is 1. The third-order valence-electron chi connectivity index (χ3n) is 6.56. The minimum atomic E-state index is -0.841. The lowest BCUT2D eigenvalue weighted by Crippen LogP contribution is -2.29. The molecule has 0 aromatic heterocycles. The second kappa shape index (κ2) is 10.3. The monoisotopic (exact) mass is 497 g/mol. The van der Waals surface area contributed by atoms with Gasteiger partial charge >= 0.3 is 5.97 Å². The minimum Gasteiger partial charge on any atom is -0.507 e. The number of hydrogen-bond donors (Lipinski definition) is 1. The molecule has 2 aliphatic heterocycles. The van der Waals surface area contributed by atoms with E-state index in [9.17, 15) is 19.5 Å². The van der Waals surface area contributed by atoms with Crippen LogP contribution < -0.4 is 9.64 Å². The molecule has 0 radical (unpaired) electrons. The molecule has 7 nitrogen and oxygen atoms in total. The van der Waals surface area contributed by atoms with Crippen molar-refractivity contribution in [2.45, 2.75) is 32.2 Å². The number of aliphatic hydroxyl groups is 1. The van der Waals surface area contributed by atoms with Gasteiger partial charge in [0.05, 0.1) is 30.4 Å². The molecule has 5 rings (SSSR count). The van der Waals surface area contributed by atoms with Gasteiger partial charge in [0.2, 0.25) is 0 Å². The van der Waals surface area contributed by atoms with Crippen molar-refractivity contribution < 1.29 is 29.0 Å². The van der Waals surface area contributed by atoms with Crippen molar-refractivity contribution in [1.82, 2.24) is 0 Å². The van der Waals surface area contributed by atoms with E-state index < -0.39 is 23.7 Å². The van der Waals surface area contributed by atoms with Crippen molar-refractivity contribution in [3.8, 4) is 5.75 Å². The number of esters is 1. The van der Waals surface area contributed by atoms with E-state index in [1.807, 2.05) is 43.3 Å². The smallest absolute Gasteiger partial charge is 0.338 e. The zero-order valence-corrected chi connectivity index (χ0v) is 20.5. The third kappa shape index (κ3) is 4.60. The molecule has 3 aromatic carbocycles. The number of nitrogens with zero attached hydrogens (tertiary/aromatic N) is 1. The van der Waals surface area contributed by atoms with E-state index in [1.165, 1.54) is 4.90 Å². The molecule has 2 aliphatic rings. The number of benzene rings is 3. The maximum atomic E-state index is 13.4. The first-order chi connectivity index (χ1) is 18.0. The fourth-order valence-corrected chi connectivity index (χ4v) is 4.75. The van der Waals surface area contributed by atoms with Crippen LogP contribution in [0.4, 0.5) is 5.69 Å². The van der Waals surface area contributed by atoms with Gasteiger partial charge in [0, 0.05) is 11.3 Å². The van der Waals surface area contributed by atoms with Crippen molar-refractivity contribution in [3.63, 3.8) is 0 Å². The number of anilines is 1. The van der Waals surface area contributed by atoms with Gasteiger partial charge in [-0.3, -0.25) is 14.5 Å². The Hall–Kier alpha value is -4.39. The third-order valence-corrected chi connectivity index (χ3v) is 6.56. The minimum absolute atomic E-state index is 0.0132. The number of amides is 1. The Morgan fingerprint density at radius 2 is 1.76 bits per heavy atom. The van der Waals surface area contributed by atoms with Gasteiger partial charge in [-0.1, -0.05) is 37.3 Å². The van der Waals surface area contributed by atoms with Gasteiger partial charge in [-0.25, -0.2) is 4.79 Å². The van der Waals surface area contributed by atoms with Crippen molar-refractivity contribution in [2.75, 3.05) is 18.1 Å². The molecule has 37 heavy (non-hydrogen) atoms. The fraction of sp³-hybridized carbons (Fsp3) is 0.233. The number of carbonyl (C=O) groups excluding carboxylic acids is 3. The molecule has 2 heterocycles. The van der Waals surface area contributed by atoms with Gasteiger partial charge in [-0.2, -0.15) is 0 Å². The zero-order chi connectivity index (χ0) is 25.9. The van der Waals surface area contributed by atoms with Gasteiger partial charge in [-0.15, -0.1) is 0 Å². The average Bonchev–Trinajstić information content (AvgIpc) is 3.21. The van der Waals surface area contributed by atoms with Gasteiger partial charge in [0.25, 0.3) is 11.7 Å². The highest BCUT2D eigenvalue weighted by Crippen LogP contribution is 2.42. The zero-order valence-electron chi connectivity index (χ0n) is 20.5. The van der Waals surface area contributed by atoms with Crippen LogP contribution >= 0.6 is 0 Å². The molecule has 1 N–H and O–H groups in total. The summed E-state index contributed by atoms with van der Waals surface area (Å²) in [4.78, 5) is 40.3. The van der Waals surface area contributed by atoms with E-state index in [0.717, 1.165) is 24.2 Å².